The number of nitrogens with zero attached hydrogens (tertiary/aromatic N) is 1. The Balaban J connectivity index is 4.18. The van der Waals surface area contributed by atoms with Gasteiger partial charge in [0, 0.05) is 6.42 Å². The molecule has 0 fully saturated rings. The molecule has 0 aromatic rings. The minimum Gasteiger partial charge on any atom is -0.756 e. The number of unbranched alkanes of at least 4 members (excludes halogenated alkanes) is 42. The fourth-order valence-electron chi connectivity index (χ4n) is 9.35. The van der Waals surface area contributed by atoms with Gasteiger partial charge in [-0.2, -0.15) is 0 Å². The van der Waals surface area contributed by atoms with Crippen molar-refractivity contribution < 1.29 is 32.9 Å². The van der Waals surface area contributed by atoms with E-state index in [1.165, 1.54) is 250 Å². The Bertz CT molecular complexity index is 1190. The molecule has 8 nitrogen and oxygen atoms in total. The van der Waals surface area contributed by atoms with Crippen LogP contribution in [0, 0.1) is 0 Å². The zero-order chi connectivity index (χ0) is 51.3. The highest BCUT2D eigenvalue weighted by Gasteiger charge is 2.23. The zero-order valence-corrected chi connectivity index (χ0v) is 48.4. The van der Waals surface area contributed by atoms with Crippen molar-refractivity contribution in [2.45, 2.75) is 321 Å². The van der Waals surface area contributed by atoms with E-state index in [2.05, 4.69) is 31.3 Å². The lowest BCUT2D eigenvalue weighted by Gasteiger charge is -2.29. The lowest BCUT2D eigenvalue weighted by Crippen LogP contribution is -2.45. The number of carbonyl (C=O) groups excluding carboxylic acids is 1. The summed E-state index contributed by atoms with van der Waals surface area (Å²) in [5.41, 5.74) is 0. The molecule has 3 unspecified atom stereocenters. The van der Waals surface area contributed by atoms with Gasteiger partial charge in [-0.05, 0) is 32.1 Å². The molecule has 0 radical (unpaired) electrons. The maximum Gasteiger partial charge on any atom is 0.268 e. The van der Waals surface area contributed by atoms with E-state index in [0.717, 1.165) is 38.5 Å². The Morgan fingerprint density at radius 3 is 1.16 bits per heavy atom. The summed E-state index contributed by atoms with van der Waals surface area (Å²) < 4.78 is 23.4. The Morgan fingerprint density at radius 1 is 0.486 bits per heavy atom. The number of hydrogen-bond donors (Lipinski definition) is 2. The maximum absolute atomic E-state index is 13.0. The van der Waals surface area contributed by atoms with Crippen LogP contribution in [0.5, 0.6) is 0 Å². The van der Waals surface area contributed by atoms with Crippen molar-refractivity contribution in [1.29, 1.82) is 0 Å². The van der Waals surface area contributed by atoms with Gasteiger partial charge in [0.1, 0.15) is 13.2 Å². The molecule has 3 atom stereocenters. The molecular formula is C61H121N2O6P. The fraction of sp³-hybridized carbons (Fsp3) is 0.918. The Kier molecular flexibility index (Phi) is 52.1. The predicted octanol–water partition coefficient (Wildman–Crippen LogP) is 18.1. The van der Waals surface area contributed by atoms with Crippen LogP contribution in [0.2, 0.25) is 0 Å². The van der Waals surface area contributed by atoms with Crippen molar-refractivity contribution >= 4 is 13.7 Å². The Morgan fingerprint density at radius 2 is 0.800 bits per heavy atom. The molecule has 9 heteroatoms. The number of aliphatic hydroxyl groups excluding tert-OH is 1. The van der Waals surface area contributed by atoms with E-state index in [1.54, 1.807) is 6.08 Å². The molecule has 0 aromatic carbocycles. The first-order valence-electron chi connectivity index (χ1n) is 30.7. The topological polar surface area (TPSA) is 108 Å². The van der Waals surface area contributed by atoms with Crippen LogP contribution in [0.4, 0.5) is 0 Å². The van der Waals surface area contributed by atoms with E-state index >= 15 is 0 Å². The van der Waals surface area contributed by atoms with Gasteiger partial charge in [0.25, 0.3) is 7.82 Å². The molecule has 0 rings (SSSR count). The van der Waals surface area contributed by atoms with Gasteiger partial charge in [-0.3, -0.25) is 9.36 Å². The summed E-state index contributed by atoms with van der Waals surface area (Å²) in [6.07, 6.45) is 67.0. The molecule has 0 saturated carbocycles. The van der Waals surface area contributed by atoms with Crippen LogP contribution in [-0.2, 0) is 18.4 Å². The van der Waals surface area contributed by atoms with E-state index in [4.69, 9.17) is 9.05 Å². The lowest BCUT2D eigenvalue weighted by molar-refractivity contribution is -0.870. The first-order chi connectivity index (χ1) is 34.0. The molecule has 0 spiro atoms. The number of rotatable bonds is 57. The van der Waals surface area contributed by atoms with Crippen molar-refractivity contribution in [3.63, 3.8) is 0 Å². The van der Waals surface area contributed by atoms with E-state index in [9.17, 15) is 19.4 Å². The van der Waals surface area contributed by atoms with Crippen LogP contribution >= 0.6 is 7.82 Å². The number of nitrogens with one attached hydrogen (secondary N) is 1. The molecule has 0 aliphatic heterocycles. The molecule has 70 heavy (non-hydrogen) atoms. The lowest BCUT2D eigenvalue weighted by atomic mass is 10.0. The van der Waals surface area contributed by atoms with Crippen LogP contribution in [0.15, 0.2) is 24.3 Å². The van der Waals surface area contributed by atoms with Crippen molar-refractivity contribution in [2.75, 3.05) is 40.9 Å². The Labute approximate surface area is 436 Å². The van der Waals surface area contributed by atoms with Crippen molar-refractivity contribution in [2.24, 2.45) is 0 Å². The standard InChI is InChI=1S/C61H121N2O6P/c1-6-8-10-12-14-16-18-20-22-24-26-28-29-30-31-32-33-35-36-38-40-42-44-46-48-50-52-54-60(64)59(58-69-70(66,67)68-57-56-63(3,4)5)62-61(65)55-53-51-49-47-45-43-41-39-37-34-27-25-23-21-19-17-15-13-11-9-7-2/h44,46,52,54,59-60,64H,6-43,45,47-51,53,55-58H2,1-5H3,(H-,62,65,66,67)/b46-44+,54-52+. The predicted molar refractivity (Wildman–Crippen MR) is 302 cm³/mol. The molecule has 0 aromatic heterocycles. The highest BCUT2D eigenvalue weighted by Crippen LogP contribution is 2.38. The van der Waals surface area contributed by atoms with E-state index < -0.39 is 20.0 Å². The second kappa shape index (κ2) is 52.8. The zero-order valence-electron chi connectivity index (χ0n) is 47.5. The summed E-state index contributed by atoms with van der Waals surface area (Å²) in [6.45, 7) is 4.68. The van der Waals surface area contributed by atoms with Gasteiger partial charge in [-0.1, -0.05) is 295 Å². The Hall–Kier alpha value is -1.02. The third-order valence-corrected chi connectivity index (χ3v) is 15.1. The molecule has 0 bridgehead atoms. The fourth-order valence-corrected chi connectivity index (χ4v) is 10.1. The largest absolute Gasteiger partial charge is 0.756 e. The number of phosphoric ester groups is 1. The van der Waals surface area contributed by atoms with Gasteiger partial charge in [0.05, 0.1) is 39.9 Å². The summed E-state index contributed by atoms with van der Waals surface area (Å²) >= 11 is 0. The van der Waals surface area contributed by atoms with Gasteiger partial charge in [-0.25, -0.2) is 0 Å². The number of amides is 1. The number of aliphatic hydroxyl groups is 1. The van der Waals surface area contributed by atoms with Gasteiger partial charge >= 0.3 is 0 Å². The highest BCUT2D eigenvalue weighted by molar-refractivity contribution is 7.45. The highest BCUT2D eigenvalue weighted by atomic mass is 31.2. The number of carbonyl (C=O) groups is 1. The average Bonchev–Trinajstić information content (AvgIpc) is 3.32. The van der Waals surface area contributed by atoms with Crippen LogP contribution in [0.3, 0.4) is 0 Å². The van der Waals surface area contributed by atoms with Crippen molar-refractivity contribution in [3.8, 4) is 0 Å². The van der Waals surface area contributed by atoms with Gasteiger partial charge in [0.2, 0.25) is 5.91 Å². The second-order valence-corrected chi connectivity index (χ2v) is 23.8. The summed E-state index contributed by atoms with van der Waals surface area (Å²) in [4.78, 5) is 25.5. The molecule has 0 saturated heterocycles. The van der Waals surface area contributed by atoms with Crippen LogP contribution in [0.1, 0.15) is 309 Å². The van der Waals surface area contributed by atoms with E-state index in [1.807, 2.05) is 27.2 Å². The second-order valence-electron chi connectivity index (χ2n) is 22.4. The summed E-state index contributed by atoms with van der Waals surface area (Å²) in [5, 5.41) is 13.9. The van der Waals surface area contributed by atoms with E-state index in [0.29, 0.717) is 17.4 Å². The number of hydrogen-bond acceptors (Lipinski definition) is 6. The van der Waals surface area contributed by atoms with Gasteiger partial charge in [0.15, 0.2) is 0 Å². The van der Waals surface area contributed by atoms with Gasteiger partial charge < -0.3 is 28.8 Å². The minimum atomic E-state index is -4.60. The van der Waals surface area contributed by atoms with Gasteiger partial charge in [-0.15, -0.1) is 0 Å². The number of phosphoric acid groups is 1. The molecule has 0 aliphatic rings. The summed E-state index contributed by atoms with van der Waals surface area (Å²) in [5.74, 6) is -0.200. The molecule has 416 valence electrons. The molecular weight excluding hydrogens is 888 g/mol. The molecule has 2 N–H and O–H groups in total. The summed E-state index contributed by atoms with van der Waals surface area (Å²) in [7, 11) is 1.26. The quantitative estimate of drug-likeness (QED) is 0.0272. The maximum atomic E-state index is 13.0. The number of quaternary nitrogens is 1. The first-order valence-corrected chi connectivity index (χ1v) is 32.2. The molecule has 1 amide bonds. The van der Waals surface area contributed by atoms with Crippen LogP contribution in [-0.4, -0.2) is 68.5 Å². The number of allylic oxidation sites excluding steroid dienone is 3. The monoisotopic (exact) mass is 1010 g/mol. The third kappa shape index (κ3) is 54.7. The summed E-state index contributed by atoms with van der Waals surface area (Å²) in [6, 6.07) is -0.900. The van der Waals surface area contributed by atoms with Crippen LogP contribution in [0.25, 0.3) is 0 Å². The normalized spacial score (nSPS) is 14.0. The minimum absolute atomic E-state index is 0.00361. The average molecular weight is 1010 g/mol. The first kappa shape index (κ1) is 69.0. The SMILES string of the molecule is CCCCCCCCCCCCCCCCCCCCCCC/C=C/CC/C=C/C(O)C(COP(=O)([O-])OCC[N+](C)(C)C)NC(=O)CCCCCCCCCCCCCCCCCCCCCCC. The third-order valence-electron chi connectivity index (χ3n) is 14.2. The molecule has 0 aliphatic carbocycles. The van der Waals surface area contributed by atoms with Crippen LogP contribution < -0.4 is 10.2 Å². The van der Waals surface area contributed by atoms with Crippen molar-refractivity contribution in [1.82, 2.24) is 5.32 Å². The number of likely N-dealkylation sites (N-methyl/N-ethyl adjacent to an activating group) is 1. The van der Waals surface area contributed by atoms with E-state index in [-0.39, 0.29) is 19.1 Å². The van der Waals surface area contributed by atoms with Crippen molar-refractivity contribution in [3.05, 3.63) is 24.3 Å². The molecule has 0 heterocycles. The smallest absolute Gasteiger partial charge is 0.268 e.